The molecule has 0 spiro atoms. The Morgan fingerprint density at radius 2 is 1.91 bits per heavy atom. The van der Waals surface area contributed by atoms with Crippen LogP contribution in [0.5, 0.6) is 11.5 Å². The molecule has 1 heterocycles. The fourth-order valence-electron chi connectivity index (χ4n) is 4.23. The minimum atomic E-state index is -0.154. The molecule has 1 unspecified atom stereocenters. The lowest BCUT2D eigenvalue weighted by atomic mass is 9.93. The van der Waals surface area contributed by atoms with E-state index in [2.05, 4.69) is 32.5 Å². The molecule has 2 N–H and O–H groups in total. The minimum Gasteiger partial charge on any atom is -0.493 e. The first-order valence-corrected chi connectivity index (χ1v) is 11.0. The molecule has 2 amide bonds. The number of rotatable bonds is 8. The highest BCUT2D eigenvalue weighted by Crippen LogP contribution is 2.30. The SMILES string of the molecule is COc1ccc(CCNC(=O)NC2CCCc3c2cnn3Cc2ccccc2)cc1OC. The maximum atomic E-state index is 12.5. The van der Waals surface area contributed by atoms with Gasteiger partial charge in [0.05, 0.1) is 33.0 Å². The number of urea groups is 1. The van der Waals surface area contributed by atoms with E-state index in [9.17, 15) is 4.79 Å². The highest BCUT2D eigenvalue weighted by atomic mass is 16.5. The van der Waals surface area contributed by atoms with Gasteiger partial charge in [0.25, 0.3) is 0 Å². The largest absolute Gasteiger partial charge is 0.493 e. The van der Waals surface area contributed by atoms with Crippen LogP contribution in [0.3, 0.4) is 0 Å². The third-order valence-electron chi connectivity index (χ3n) is 5.89. The molecule has 1 aliphatic rings. The van der Waals surface area contributed by atoms with Crippen LogP contribution in [-0.2, 0) is 19.4 Å². The summed E-state index contributed by atoms with van der Waals surface area (Å²) in [6, 6.07) is 16.0. The summed E-state index contributed by atoms with van der Waals surface area (Å²) in [4.78, 5) is 12.5. The standard InChI is InChI=1S/C25H30N4O3/c1-31-23-12-11-18(15-24(23)32-2)13-14-26-25(30)28-21-9-6-10-22-20(21)16-27-29(22)17-19-7-4-3-5-8-19/h3-5,7-8,11-12,15-16,21H,6,9-10,13-14,17H2,1-2H3,(H2,26,28,30). The lowest BCUT2D eigenvalue weighted by molar-refractivity contribution is 0.235. The lowest BCUT2D eigenvalue weighted by Gasteiger charge is -2.24. The molecule has 7 nitrogen and oxygen atoms in total. The van der Waals surface area contributed by atoms with Crippen molar-refractivity contribution in [3.05, 3.63) is 77.1 Å². The van der Waals surface area contributed by atoms with Gasteiger partial charge in [0, 0.05) is 17.8 Å². The number of ether oxygens (including phenoxy) is 2. The molecule has 3 aromatic rings. The van der Waals surface area contributed by atoms with Gasteiger partial charge in [-0.2, -0.15) is 5.10 Å². The van der Waals surface area contributed by atoms with Crippen LogP contribution in [0.1, 0.15) is 41.3 Å². The molecule has 0 radical (unpaired) electrons. The average Bonchev–Trinajstić information content (AvgIpc) is 3.23. The molecule has 7 heteroatoms. The molecule has 1 aliphatic carbocycles. The average molecular weight is 435 g/mol. The first-order valence-electron chi connectivity index (χ1n) is 11.0. The molecule has 1 atom stereocenters. The lowest BCUT2D eigenvalue weighted by Crippen LogP contribution is -2.39. The van der Waals surface area contributed by atoms with Crippen molar-refractivity contribution in [2.75, 3.05) is 20.8 Å². The zero-order valence-corrected chi connectivity index (χ0v) is 18.6. The number of nitrogens with one attached hydrogen (secondary N) is 2. The maximum Gasteiger partial charge on any atom is 0.315 e. The normalized spacial score (nSPS) is 15.0. The second kappa shape index (κ2) is 10.2. The van der Waals surface area contributed by atoms with E-state index in [0.29, 0.717) is 24.5 Å². The second-order valence-corrected chi connectivity index (χ2v) is 7.97. The van der Waals surface area contributed by atoms with Gasteiger partial charge < -0.3 is 20.1 Å². The van der Waals surface area contributed by atoms with Crippen molar-refractivity contribution in [1.29, 1.82) is 0 Å². The van der Waals surface area contributed by atoms with Gasteiger partial charge in [-0.3, -0.25) is 4.68 Å². The van der Waals surface area contributed by atoms with Crippen molar-refractivity contribution in [3.63, 3.8) is 0 Å². The summed E-state index contributed by atoms with van der Waals surface area (Å²) in [5.41, 5.74) is 4.64. The monoisotopic (exact) mass is 434 g/mol. The van der Waals surface area contributed by atoms with Gasteiger partial charge in [-0.1, -0.05) is 36.4 Å². The number of nitrogens with zero attached hydrogens (tertiary/aromatic N) is 2. The molecular weight excluding hydrogens is 404 g/mol. The van der Waals surface area contributed by atoms with Gasteiger partial charge in [0.15, 0.2) is 11.5 Å². The summed E-state index contributed by atoms with van der Waals surface area (Å²) < 4.78 is 12.7. The van der Waals surface area contributed by atoms with E-state index in [1.165, 1.54) is 11.3 Å². The van der Waals surface area contributed by atoms with E-state index >= 15 is 0 Å². The molecular formula is C25H30N4O3. The number of aromatic nitrogens is 2. The number of benzene rings is 2. The van der Waals surface area contributed by atoms with E-state index in [-0.39, 0.29) is 12.1 Å². The van der Waals surface area contributed by atoms with Crippen LogP contribution in [-0.4, -0.2) is 36.6 Å². The second-order valence-electron chi connectivity index (χ2n) is 7.97. The molecule has 168 valence electrons. The summed E-state index contributed by atoms with van der Waals surface area (Å²) in [5, 5.41) is 10.7. The van der Waals surface area contributed by atoms with Crippen molar-refractivity contribution in [1.82, 2.24) is 20.4 Å². The summed E-state index contributed by atoms with van der Waals surface area (Å²) in [6.45, 7) is 1.29. The van der Waals surface area contributed by atoms with Crippen molar-refractivity contribution >= 4 is 6.03 Å². The third kappa shape index (κ3) is 5.04. The number of hydrogen-bond acceptors (Lipinski definition) is 4. The fourth-order valence-corrected chi connectivity index (χ4v) is 4.23. The van der Waals surface area contributed by atoms with Crippen molar-refractivity contribution in [2.45, 2.75) is 38.3 Å². The third-order valence-corrected chi connectivity index (χ3v) is 5.89. The summed E-state index contributed by atoms with van der Waals surface area (Å²) in [6.07, 6.45) is 5.56. The molecule has 2 aromatic carbocycles. The van der Waals surface area contributed by atoms with Crippen molar-refractivity contribution in [3.8, 4) is 11.5 Å². The van der Waals surface area contributed by atoms with Gasteiger partial charge >= 0.3 is 6.03 Å². The Morgan fingerprint density at radius 1 is 1.09 bits per heavy atom. The van der Waals surface area contributed by atoms with Crippen molar-refractivity contribution < 1.29 is 14.3 Å². The van der Waals surface area contributed by atoms with E-state index in [1.54, 1.807) is 14.2 Å². The van der Waals surface area contributed by atoms with Gasteiger partial charge in [0.1, 0.15) is 0 Å². The van der Waals surface area contributed by atoms with Crippen LogP contribution in [0.15, 0.2) is 54.7 Å². The molecule has 0 bridgehead atoms. The van der Waals surface area contributed by atoms with Crippen LogP contribution in [0.2, 0.25) is 0 Å². The molecule has 0 fully saturated rings. The zero-order valence-electron chi connectivity index (χ0n) is 18.6. The molecule has 0 aliphatic heterocycles. The summed E-state index contributed by atoms with van der Waals surface area (Å²) in [5.74, 6) is 1.39. The Bertz CT molecular complexity index is 1050. The first-order chi connectivity index (χ1) is 15.7. The van der Waals surface area contributed by atoms with Gasteiger partial charge in [0.2, 0.25) is 0 Å². The topological polar surface area (TPSA) is 77.4 Å². The van der Waals surface area contributed by atoms with E-state index in [1.807, 2.05) is 42.6 Å². The van der Waals surface area contributed by atoms with Gasteiger partial charge in [-0.15, -0.1) is 0 Å². The van der Waals surface area contributed by atoms with E-state index < -0.39 is 0 Å². The van der Waals surface area contributed by atoms with Crippen LogP contribution < -0.4 is 20.1 Å². The zero-order chi connectivity index (χ0) is 22.3. The Hall–Kier alpha value is -3.48. The minimum absolute atomic E-state index is 0.00986. The number of carbonyl (C=O) groups is 1. The highest BCUT2D eigenvalue weighted by Gasteiger charge is 2.25. The number of hydrogen-bond donors (Lipinski definition) is 2. The number of methoxy groups -OCH3 is 2. The van der Waals surface area contributed by atoms with Gasteiger partial charge in [-0.25, -0.2) is 4.79 Å². The molecule has 0 saturated heterocycles. The summed E-state index contributed by atoms with van der Waals surface area (Å²) >= 11 is 0. The Balaban J connectivity index is 1.32. The van der Waals surface area contributed by atoms with E-state index in [0.717, 1.165) is 36.9 Å². The summed E-state index contributed by atoms with van der Waals surface area (Å²) in [7, 11) is 3.24. The fraction of sp³-hybridized carbons (Fsp3) is 0.360. The molecule has 0 saturated carbocycles. The Kier molecular flexibility index (Phi) is 6.94. The van der Waals surface area contributed by atoms with Crippen molar-refractivity contribution in [2.24, 2.45) is 0 Å². The Morgan fingerprint density at radius 3 is 2.69 bits per heavy atom. The predicted molar refractivity (Wildman–Crippen MR) is 123 cm³/mol. The predicted octanol–water partition coefficient (Wildman–Crippen LogP) is 3.87. The molecule has 32 heavy (non-hydrogen) atoms. The smallest absolute Gasteiger partial charge is 0.315 e. The Labute approximate surface area is 188 Å². The molecule has 4 rings (SSSR count). The number of carbonyl (C=O) groups excluding carboxylic acids is 1. The van der Waals surface area contributed by atoms with Crippen LogP contribution in [0, 0.1) is 0 Å². The van der Waals surface area contributed by atoms with Crippen LogP contribution in [0.4, 0.5) is 4.79 Å². The molecule has 1 aromatic heterocycles. The first kappa shape index (κ1) is 21.7. The van der Waals surface area contributed by atoms with Gasteiger partial charge in [-0.05, 0) is 48.9 Å². The maximum absolute atomic E-state index is 12.5. The number of fused-ring (bicyclic) bond motifs is 1. The number of amides is 2. The quantitative estimate of drug-likeness (QED) is 0.564. The highest BCUT2D eigenvalue weighted by molar-refractivity contribution is 5.74. The van der Waals surface area contributed by atoms with Crippen LogP contribution in [0.25, 0.3) is 0 Å². The van der Waals surface area contributed by atoms with E-state index in [4.69, 9.17) is 9.47 Å². The van der Waals surface area contributed by atoms with Crippen LogP contribution >= 0.6 is 0 Å².